The van der Waals surface area contributed by atoms with Crippen LogP contribution in [0.5, 0.6) is 11.5 Å². The van der Waals surface area contributed by atoms with Crippen LogP contribution in [0.25, 0.3) is 0 Å². The Balaban J connectivity index is 1.64. The summed E-state index contributed by atoms with van der Waals surface area (Å²) in [7, 11) is 1.58. The number of allylic oxidation sites excluding steroid dienone is 1. The summed E-state index contributed by atoms with van der Waals surface area (Å²) < 4.78 is 5.42. The molecule has 2 amide bonds. The van der Waals surface area contributed by atoms with Gasteiger partial charge in [0, 0.05) is 6.07 Å². The van der Waals surface area contributed by atoms with Gasteiger partial charge in [-0.05, 0) is 30.2 Å². The molecule has 11 heteroatoms. The predicted octanol–water partition coefficient (Wildman–Crippen LogP) is 3.23. The second-order valence-electron chi connectivity index (χ2n) is 6.39. The molecule has 2 aromatic rings. The number of methoxy groups -OCH3 is 1. The quantitative estimate of drug-likeness (QED) is 0.213. The van der Waals surface area contributed by atoms with Gasteiger partial charge in [0.2, 0.25) is 5.91 Å². The minimum absolute atomic E-state index is 0.00499. The van der Waals surface area contributed by atoms with E-state index in [0.717, 1.165) is 34.4 Å². The number of amides is 2. The van der Waals surface area contributed by atoms with Gasteiger partial charge in [0.05, 0.1) is 28.7 Å². The zero-order valence-electron chi connectivity index (χ0n) is 16.2. The van der Waals surface area contributed by atoms with E-state index in [2.05, 4.69) is 5.32 Å². The van der Waals surface area contributed by atoms with Crippen LogP contribution < -0.4 is 10.1 Å². The van der Waals surface area contributed by atoms with Gasteiger partial charge < -0.3 is 15.2 Å². The first-order valence-corrected chi connectivity index (χ1v) is 10.1. The Kier molecular flexibility index (Phi) is 6.88. The van der Waals surface area contributed by atoms with E-state index in [0.29, 0.717) is 17.1 Å². The van der Waals surface area contributed by atoms with E-state index in [1.807, 2.05) is 24.3 Å². The smallest absolute Gasteiger partial charge is 0.273 e. The lowest BCUT2D eigenvalue weighted by molar-refractivity contribution is -0.384. The third-order valence-corrected chi connectivity index (χ3v) is 5.73. The maximum atomic E-state index is 12.7. The van der Waals surface area contributed by atoms with Gasteiger partial charge in [0.25, 0.3) is 11.6 Å². The molecule has 0 saturated carbocycles. The SMILES string of the molecule is COc1cccc(C/C=C2\SC(=S)N(CC(=O)Nc3ccc([N+](=O)[O-])cc3O)C2=O)c1. The lowest BCUT2D eigenvalue weighted by Gasteiger charge is -2.14. The maximum absolute atomic E-state index is 12.7. The number of thiocarbonyl (C=S) groups is 1. The molecular formula is C20H17N3O6S2. The zero-order valence-corrected chi connectivity index (χ0v) is 17.9. The number of thioether (sulfide) groups is 1. The minimum Gasteiger partial charge on any atom is -0.506 e. The van der Waals surface area contributed by atoms with Crippen molar-refractivity contribution < 1.29 is 24.4 Å². The summed E-state index contributed by atoms with van der Waals surface area (Å²) in [6.07, 6.45) is 2.23. The number of phenolic OH excluding ortho intramolecular Hbond substituents is 1. The molecule has 3 rings (SSSR count). The van der Waals surface area contributed by atoms with Crippen molar-refractivity contribution in [1.82, 2.24) is 4.90 Å². The molecule has 0 unspecified atom stereocenters. The number of phenols is 1. The van der Waals surface area contributed by atoms with Crippen molar-refractivity contribution in [2.45, 2.75) is 6.42 Å². The number of hydrogen-bond donors (Lipinski definition) is 2. The van der Waals surface area contributed by atoms with Crippen LogP contribution >= 0.6 is 24.0 Å². The van der Waals surface area contributed by atoms with Crippen molar-refractivity contribution in [3.8, 4) is 11.5 Å². The molecule has 1 aliphatic heterocycles. The Morgan fingerprint density at radius 3 is 2.81 bits per heavy atom. The summed E-state index contributed by atoms with van der Waals surface area (Å²) in [5.41, 5.74) is 0.638. The molecule has 2 aromatic carbocycles. The second kappa shape index (κ2) is 9.58. The fraction of sp³-hybridized carbons (Fsp3) is 0.150. The number of ether oxygens (including phenoxy) is 1. The van der Waals surface area contributed by atoms with Crippen molar-refractivity contribution >= 4 is 51.5 Å². The van der Waals surface area contributed by atoms with E-state index in [1.54, 1.807) is 13.2 Å². The van der Waals surface area contributed by atoms with Gasteiger partial charge in [-0.25, -0.2) is 0 Å². The summed E-state index contributed by atoms with van der Waals surface area (Å²) in [5, 5.41) is 23.0. The number of hydrogen-bond acceptors (Lipinski definition) is 8. The molecular weight excluding hydrogens is 442 g/mol. The monoisotopic (exact) mass is 459 g/mol. The van der Waals surface area contributed by atoms with Crippen LogP contribution in [0.15, 0.2) is 53.4 Å². The molecule has 1 heterocycles. The summed E-state index contributed by atoms with van der Waals surface area (Å²) in [5.74, 6) is -0.730. The Bertz CT molecular complexity index is 1100. The van der Waals surface area contributed by atoms with Gasteiger partial charge in [0.1, 0.15) is 22.4 Å². The fourth-order valence-corrected chi connectivity index (χ4v) is 3.98. The molecule has 0 bridgehead atoms. The van der Waals surface area contributed by atoms with Crippen molar-refractivity contribution in [3.05, 3.63) is 69.1 Å². The van der Waals surface area contributed by atoms with E-state index < -0.39 is 16.6 Å². The maximum Gasteiger partial charge on any atom is 0.273 e. The number of nitrogens with zero attached hydrogens (tertiary/aromatic N) is 2. The summed E-state index contributed by atoms with van der Waals surface area (Å²) in [6, 6.07) is 10.7. The van der Waals surface area contributed by atoms with Crippen molar-refractivity contribution in [3.63, 3.8) is 0 Å². The zero-order chi connectivity index (χ0) is 22.5. The van der Waals surface area contributed by atoms with Crippen molar-refractivity contribution in [2.24, 2.45) is 0 Å². The minimum atomic E-state index is -0.663. The van der Waals surface area contributed by atoms with Crippen molar-refractivity contribution in [2.75, 3.05) is 19.0 Å². The van der Waals surface area contributed by atoms with Crippen LogP contribution in [-0.2, 0) is 16.0 Å². The average Bonchev–Trinajstić information content (AvgIpc) is 3.01. The number of non-ortho nitro benzene ring substituents is 1. The molecule has 160 valence electrons. The predicted molar refractivity (Wildman–Crippen MR) is 120 cm³/mol. The van der Waals surface area contributed by atoms with Crippen LogP contribution in [0.2, 0.25) is 0 Å². The second-order valence-corrected chi connectivity index (χ2v) is 8.07. The number of aromatic hydroxyl groups is 1. The average molecular weight is 460 g/mol. The largest absolute Gasteiger partial charge is 0.506 e. The van der Waals surface area contributed by atoms with Crippen LogP contribution in [0.3, 0.4) is 0 Å². The summed E-state index contributed by atoms with van der Waals surface area (Å²) in [4.78, 5) is 36.6. The van der Waals surface area contributed by atoms with Crippen molar-refractivity contribution in [1.29, 1.82) is 0 Å². The van der Waals surface area contributed by atoms with Crippen LogP contribution in [-0.4, -0.2) is 44.7 Å². The normalized spacial score (nSPS) is 14.7. The Morgan fingerprint density at radius 1 is 1.35 bits per heavy atom. The third kappa shape index (κ3) is 5.38. The molecule has 0 aromatic heterocycles. The lowest BCUT2D eigenvalue weighted by Crippen LogP contribution is -2.36. The first kappa shape index (κ1) is 22.2. The van der Waals surface area contributed by atoms with Gasteiger partial charge in [-0.3, -0.25) is 24.6 Å². The van der Waals surface area contributed by atoms with Gasteiger partial charge in [-0.15, -0.1) is 0 Å². The molecule has 0 radical (unpaired) electrons. The molecule has 0 spiro atoms. The van der Waals surface area contributed by atoms with Crippen LogP contribution in [0.1, 0.15) is 5.56 Å². The first-order chi connectivity index (χ1) is 14.8. The highest BCUT2D eigenvalue weighted by molar-refractivity contribution is 8.26. The Hall–Kier alpha value is -3.44. The molecule has 1 fully saturated rings. The number of benzene rings is 2. The number of carbonyl (C=O) groups is 2. The summed E-state index contributed by atoms with van der Waals surface area (Å²) >= 11 is 6.32. The fourth-order valence-electron chi connectivity index (χ4n) is 2.76. The molecule has 1 aliphatic rings. The Morgan fingerprint density at radius 2 is 2.13 bits per heavy atom. The van der Waals surface area contributed by atoms with E-state index >= 15 is 0 Å². The van der Waals surface area contributed by atoms with Crippen LogP contribution in [0, 0.1) is 10.1 Å². The molecule has 1 saturated heterocycles. The number of nitrogens with one attached hydrogen (secondary N) is 1. The molecule has 9 nitrogen and oxygen atoms in total. The Labute approximate surface area is 186 Å². The van der Waals surface area contributed by atoms with Gasteiger partial charge >= 0.3 is 0 Å². The highest BCUT2D eigenvalue weighted by Crippen LogP contribution is 2.32. The van der Waals surface area contributed by atoms with E-state index in [9.17, 15) is 24.8 Å². The topological polar surface area (TPSA) is 122 Å². The highest BCUT2D eigenvalue weighted by atomic mass is 32.2. The van der Waals surface area contributed by atoms with Crippen LogP contribution in [0.4, 0.5) is 11.4 Å². The number of nitro groups is 1. The van der Waals surface area contributed by atoms with Gasteiger partial charge in [0.15, 0.2) is 0 Å². The molecule has 31 heavy (non-hydrogen) atoms. The number of anilines is 1. The molecule has 2 N–H and O–H groups in total. The van der Waals surface area contributed by atoms with Gasteiger partial charge in [-0.2, -0.15) is 0 Å². The number of rotatable bonds is 7. The lowest BCUT2D eigenvalue weighted by atomic mass is 10.1. The van der Waals surface area contributed by atoms with Gasteiger partial charge in [-0.1, -0.05) is 42.2 Å². The summed E-state index contributed by atoms with van der Waals surface area (Å²) in [6.45, 7) is -0.350. The van der Waals surface area contributed by atoms with E-state index in [1.165, 1.54) is 6.07 Å². The highest BCUT2D eigenvalue weighted by Gasteiger charge is 2.33. The standard InChI is InChI=1S/C20H17N3O6S2/c1-29-14-4-2-3-12(9-14)5-8-17-19(26)22(20(30)31-17)11-18(25)21-15-7-6-13(23(27)28)10-16(15)24/h2-4,6-10,24H,5,11H2,1H3,(H,21,25)/b17-8-. The molecule has 0 atom stereocenters. The number of carbonyl (C=O) groups excluding carboxylic acids is 2. The van der Waals surface area contributed by atoms with E-state index in [4.69, 9.17) is 17.0 Å². The number of nitro benzene ring substituents is 1. The first-order valence-electron chi connectivity index (χ1n) is 8.92. The molecule has 0 aliphatic carbocycles. The third-order valence-electron chi connectivity index (χ3n) is 4.30. The van der Waals surface area contributed by atoms with E-state index in [-0.39, 0.29) is 28.1 Å².